The van der Waals surface area contributed by atoms with E-state index in [9.17, 15) is 4.79 Å². The van der Waals surface area contributed by atoms with Crippen LogP contribution in [0.2, 0.25) is 0 Å². The molecule has 1 N–H and O–H groups in total. The van der Waals surface area contributed by atoms with Crippen molar-refractivity contribution in [1.29, 1.82) is 0 Å². The normalized spacial score (nSPS) is 12.1. The zero-order valence-electron chi connectivity index (χ0n) is 9.31. The van der Waals surface area contributed by atoms with E-state index >= 15 is 0 Å². The number of aromatic nitrogens is 2. The Kier molecular flexibility index (Phi) is 2.35. The SMILES string of the molecule is Br.O=C1c2ccccc2-c2n[nH]c3cccc1c23. The topological polar surface area (TPSA) is 45.8 Å². The zero-order chi connectivity index (χ0) is 11.4. The molecular formula is C14H9BrN2O. The van der Waals surface area contributed by atoms with Crippen LogP contribution in [0, 0.1) is 0 Å². The number of fused-ring (bicyclic) bond motifs is 2. The van der Waals surface area contributed by atoms with E-state index in [-0.39, 0.29) is 22.8 Å². The molecule has 2 aromatic carbocycles. The second kappa shape index (κ2) is 3.78. The van der Waals surface area contributed by atoms with E-state index in [1.807, 2.05) is 42.5 Å². The maximum absolute atomic E-state index is 12.4. The largest absolute Gasteiger partial charge is 0.289 e. The van der Waals surface area contributed by atoms with Crippen LogP contribution in [0.25, 0.3) is 22.2 Å². The van der Waals surface area contributed by atoms with Crippen LogP contribution >= 0.6 is 17.0 Å². The number of carbonyl (C=O) groups is 1. The first kappa shape index (κ1) is 11.2. The van der Waals surface area contributed by atoms with Gasteiger partial charge in [-0.05, 0) is 6.07 Å². The van der Waals surface area contributed by atoms with Crippen LogP contribution in [0.4, 0.5) is 0 Å². The molecule has 0 bridgehead atoms. The molecule has 0 unspecified atom stereocenters. The summed E-state index contributed by atoms with van der Waals surface area (Å²) in [6, 6.07) is 13.3. The maximum atomic E-state index is 12.4. The number of nitrogens with one attached hydrogen (secondary N) is 1. The van der Waals surface area contributed by atoms with Crippen molar-refractivity contribution in [2.24, 2.45) is 0 Å². The van der Waals surface area contributed by atoms with Crippen LogP contribution in [0.3, 0.4) is 0 Å². The first-order valence-corrected chi connectivity index (χ1v) is 5.47. The molecule has 0 saturated heterocycles. The molecule has 4 heteroatoms. The lowest BCUT2D eigenvalue weighted by molar-refractivity contribution is 0.104. The molecule has 0 saturated carbocycles. The van der Waals surface area contributed by atoms with Gasteiger partial charge in [0.1, 0.15) is 5.69 Å². The van der Waals surface area contributed by atoms with Crippen molar-refractivity contribution in [3.05, 3.63) is 53.6 Å². The summed E-state index contributed by atoms with van der Waals surface area (Å²) in [5.41, 5.74) is 4.19. The van der Waals surface area contributed by atoms with Crippen LogP contribution in [-0.4, -0.2) is 16.0 Å². The third kappa shape index (κ3) is 1.24. The van der Waals surface area contributed by atoms with E-state index in [1.165, 1.54) is 0 Å². The van der Waals surface area contributed by atoms with E-state index in [0.717, 1.165) is 33.3 Å². The Bertz CT molecular complexity index is 776. The molecule has 0 amide bonds. The molecular weight excluding hydrogens is 292 g/mol. The van der Waals surface area contributed by atoms with Gasteiger partial charge in [-0.1, -0.05) is 36.4 Å². The second-order valence-electron chi connectivity index (χ2n) is 4.18. The predicted molar refractivity (Wildman–Crippen MR) is 75.3 cm³/mol. The summed E-state index contributed by atoms with van der Waals surface area (Å²) in [5, 5.41) is 8.24. The molecule has 1 aliphatic carbocycles. The zero-order valence-corrected chi connectivity index (χ0v) is 11.0. The molecule has 3 nitrogen and oxygen atoms in total. The average Bonchev–Trinajstić information content (AvgIpc) is 2.81. The van der Waals surface area contributed by atoms with Gasteiger partial charge < -0.3 is 0 Å². The summed E-state index contributed by atoms with van der Waals surface area (Å²) in [6.45, 7) is 0. The molecule has 1 heterocycles. The Balaban J connectivity index is 0.000001000. The number of H-pyrrole nitrogens is 1. The Hall–Kier alpha value is -1.94. The van der Waals surface area contributed by atoms with Crippen LogP contribution in [0.5, 0.6) is 0 Å². The number of benzene rings is 2. The third-order valence-corrected chi connectivity index (χ3v) is 3.26. The van der Waals surface area contributed by atoms with Crippen molar-refractivity contribution < 1.29 is 4.79 Å². The molecule has 1 aromatic heterocycles. The molecule has 1 aliphatic rings. The standard InChI is InChI=1S/C14H8N2O.BrH/c17-14-9-5-2-1-4-8(9)13-12-10(14)6-3-7-11(12)15-16-13;/h1-7H,(H,15,16);1H. The molecule has 0 spiro atoms. The van der Waals surface area contributed by atoms with Gasteiger partial charge in [0.25, 0.3) is 0 Å². The fourth-order valence-corrected chi connectivity index (χ4v) is 2.49. The van der Waals surface area contributed by atoms with Crippen molar-refractivity contribution in [3.63, 3.8) is 0 Å². The number of aromatic amines is 1. The molecule has 88 valence electrons. The average molecular weight is 301 g/mol. The van der Waals surface area contributed by atoms with Crippen molar-refractivity contribution in [2.75, 3.05) is 0 Å². The van der Waals surface area contributed by atoms with Crippen LogP contribution in [0.15, 0.2) is 42.5 Å². The number of nitrogens with zero attached hydrogens (tertiary/aromatic N) is 1. The van der Waals surface area contributed by atoms with E-state index in [2.05, 4.69) is 10.2 Å². The minimum Gasteiger partial charge on any atom is -0.289 e. The van der Waals surface area contributed by atoms with Gasteiger partial charge in [0.2, 0.25) is 0 Å². The van der Waals surface area contributed by atoms with Gasteiger partial charge in [0.15, 0.2) is 5.78 Å². The van der Waals surface area contributed by atoms with Crippen LogP contribution in [-0.2, 0) is 0 Å². The fraction of sp³-hybridized carbons (Fsp3) is 0. The highest BCUT2D eigenvalue weighted by molar-refractivity contribution is 8.93. The molecule has 4 rings (SSSR count). The monoisotopic (exact) mass is 300 g/mol. The number of hydrogen-bond donors (Lipinski definition) is 1. The van der Waals surface area contributed by atoms with Gasteiger partial charge in [-0.2, -0.15) is 5.10 Å². The Morgan fingerprint density at radius 1 is 0.889 bits per heavy atom. The number of hydrogen-bond acceptors (Lipinski definition) is 2. The smallest absolute Gasteiger partial charge is 0.194 e. The van der Waals surface area contributed by atoms with E-state index in [1.54, 1.807) is 0 Å². The van der Waals surface area contributed by atoms with Crippen molar-refractivity contribution in [2.45, 2.75) is 0 Å². The van der Waals surface area contributed by atoms with Crippen molar-refractivity contribution in [1.82, 2.24) is 10.2 Å². The van der Waals surface area contributed by atoms with E-state index in [4.69, 9.17) is 0 Å². The summed E-state index contributed by atoms with van der Waals surface area (Å²) in [4.78, 5) is 12.4. The summed E-state index contributed by atoms with van der Waals surface area (Å²) in [5.74, 6) is 0.0834. The van der Waals surface area contributed by atoms with E-state index in [0.29, 0.717) is 0 Å². The van der Waals surface area contributed by atoms with Crippen LogP contribution < -0.4 is 0 Å². The van der Waals surface area contributed by atoms with Gasteiger partial charge in [-0.15, -0.1) is 17.0 Å². The van der Waals surface area contributed by atoms with Crippen LogP contribution in [0.1, 0.15) is 15.9 Å². The number of carbonyl (C=O) groups excluding carboxylic acids is 1. The minimum atomic E-state index is 0. The molecule has 0 atom stereocenters. The number of halogens is 1. The molecule has 0 radical (unpaired) electrons. The van der Waals surface area contributed by atoms with Gasteiger partial charge in [-0.25, -0.2) is 0 Å². The van der Waals surface area contributed by atoms with Crippen molar-refractivity contribution in [3.8, 4) is 11.3 Å². The summed E-state index contributed by atoms with van der Waals surface area (Å²) in [7, 11) is 0. The number of ketones is 1. The second-order valence-corrected chi connectivity index (χ2v) is 4.18. The fourth-order valence-electron chi connectivity index (χ4n) is 2.49. The molecule has 0 aliphatic heterocycles. The first-order chi connectivity index (χ1) is 8.36. The molecule has 0 fully saturated rings. The first-order valence-electron chi connectivity index (χ1n) is 5.47. The minimum absolute atomic E-state index is 0. The predicted octanol–water partition coefficient (Wildman–Crippen LogP) is 3.35. The maximum Gasteiger partial charge on any atom is 0.194 e. The summed E-state index contributed by atoms with van der Waals surface area (Å²) >= 11 is 0. The Labute approximate surface area is 114 Å². The summed E-state index contributed by atoms with van der Waals surface area (Å²) in [6.07, 6.45) is 0. The highest BCUT2D eigenvalue weighted by atomic mass is 79.9. The number of rotatable bonds is 0. The van der Waals surface area contributed by atoms with Gasteiger partial charge in [0.05, 0.1) is 5.52 Å². The van der Waals surface area contributed by atoms with Crippen molar-refractivity contribution >= 4 is 33.7 Å². The lowest BCUT2D eigenvalue weighted by Gasteiger charge is -2.13. The Morgan fingerprint density at radius 3 is 2.44 bits per heavy atom. The quantitative estimate of drug-likeness (QED) is 0.541. The lowest BCUT2D eigenvalue weighted by atomic mass is 9.87. The molecule has 3 aromatic rings. The third-order valence-electron chi connectivity index (χ3n) is 3.26. The van der Waals surface area contributed by atoms with E-state index < -0.39 is 0 Å². The van der Waals surface area contributed by atoms with Gasteiger partial charge in [0, 0.05) is 22.1 Å². The Morgan fingerprint density at radius 2 is 1.61 bits per heavy atom. The highest BCUT2D eigenvalue weighted by Crippen LogP contribution is 2.37. The highest BCUT2D eigenvalue weighted by Gasteiger charge is 2.26. The van der Waals surface area contributed by atoms with Gasteiger partial charge in [-0.3, -0.25) is 9.89 Å². The lowest BCUT2D eigenvalue weighted by Crippen LogP contribution is -2.08. The summed E-state index contributed by atoms with van der Waals surface area (Å²) < 4.78 is 0. The molecule has 18 heavy (non-hydrogen) atoms. The van der Waals surface area contributed by atoms with Gasteiger partial charge >= 0.3 is 0 Å².